The first kappa shape index (κ1) is 21.0. The summed E-state index contributed by atoms with van der Waals surface area (Å²) in [5.41, 5.74) is 1.52. The molecule has 2 aromatic rings. The maximum Gasteiger partial charge on any atom is 0.213 e. The summed E-state index contributed by atoms with van der Waals surface area (Å²) in [5.74, 6) is 0.643. The molecule has 1 saturated heterocycles. The summed E-state index contributed by atoms with van der Waals surface area (Å²) in [6.45, 7) is 2.19. The molecule has 132 valence electrons. The van der Waals surface area contributed by atoms with Crippen LogP contribution in [0.15, 0.2) is 36.4 Å². The van der Waals surface area contributed by atoms with Crippen molar-refractivity contribution in [3.05, 3.63) is 58.5 Å². The Morgan fingerprint density at radius 1 is 1.17 bits per heavy atom. The number of ether oxygens (including phenoxy) is 1. The van der Waals surface area contributed by atoms with E-state index >= 15 is 0 Å². The van der Waals surface area contributed by atoms with Crippen molar-refractivity contribution in [2.24, 2.45) is 0 Å². The standard InChI is InChI=1S/C17H18ClFN2O.2ClH/c18-14-5-4-13(15(19)10-14)11-22-17-3-1-2-16(21-17)12-6-8-20-9-7-12;;/h1-5,10,12,20H,6-9,11H2;2*1H. The lowest BCUT2D eigenvalue weighted by molar-refractivity contribution is 0.286. The zero-order valence-corrected chi connectivity index (χ0v) is 15.4. The number of benzene rings is 1. The fraction of sp³-hybridized carbons (Fsp3) is 0.353. The zero-order valence-electron chi connectivity index (χ0n) is 13.0. The van der Waals surface area contributed by atoms with Crippen molar-refractivity contribution in [3.8, 4) is 5.88 Å². The van der Waals surface area contributed by atoms with Crippen LogP contribution in [0.4, 0.5) is 4.39 Å². The van der Waals surface area contributed by atoms with E-state index in [-0.39, 0.29) is 37.2 Å². The minimum atomic E-state index is -0.359. The van der Waals surface area contributed by atoms with Gasteiger partial charge in [0.2, 0.25) is 5.88 Å². The Hall–Kier alpha value is -1.07. The highest BCUT2D eigenvalue weighted by Crippen LogP contribution is 2.25. The number of nitrogens with zero attached hydrogens (tertiary/aromatic N) is 1. The summed E-state index contributed by atoms with van der Waals surface area (Å²) in [5, 5.41) is 3.73. The third-order valence-electron chi connectivity index (χ3n) is 3.89. The second kappa shape index (κ2) is 10.0. The summed E-state index contributed by atoms with van der Waals surface area (Å²) in [6, 6.07) is 10.4. The maximum atomic E-state index is 13.7. The molecule has 3 nitrogen and oxygen atoms in total. The monoisotopic (exact) mass is 392 g/mol. The number of halogens is 4. The van der Waals surface area contributed by atoms with E-state index in [0.717, 1.165) is 31.6 Å². The second-order valence-corrected chi connectivity index (χ2v) is 5.89. The number of hydrogen-bond donors (Lipinski definition) is 1. The van der Waals surface area contributed by atoms with Gasteiger partial charge in [-0.15, -0.1) is 24.8 Å². The molecule has 0 aliphatic carbocycles. The molecule has 0 bridgehead atoms. The molecule has 0 saturated carbocycles. The van der Waals surface area contributed by atoms with Crippen LogP contribution >= 0.6 is 36.4 Å². The predicted molar refractivity (Wildman–Crippen MR) is 99.3 cm³/mol. The molecule has 0 atom stereocenters. The molecular formula is C17H20Cl3FN2O. The summed E-state index contributed by atoms with van der Waals surface area (Å²) in [4.78, 5) is 4.56. The van der Waals surface area contributed by atoms with Gasteiger partial charge in [0, 0.05) is 28.3 Å². The molecule has 0 amide bonds. The summed E-state index contributed by atoms with van der Waals surface area (Å²) >= 11 is 5.74. The Labute approximate surface area is 158 Å². The molecule has 7 heteroatoms. The molecule has 24 heavy (non-hydrogen) atoms. The third-order valence-corrected chi connectivity index (χ3v) is 4.13. The molecular weight excluding hydrogens is 374 g/mol. The number of pyridine rings is 1. The molecule has 1 aliphatic rings. The second-order valence-electron chi connectivity index (χ2n) is 5.45. The van der Waals surface area contributed by atoms with Gasteiger partial charge >= 0.3 is 0 Å². The van der Waals surface area contributed by atoms with Crippen molar-refractivity contribution in [3.63, 3.8) is 0 Å². The average Bonchev–Trinajstić information content (AvgIpc) is 2.55. The lowest BCUT2D eigenvalue weighted by Crippen LogP contribution is -2.27. The van der Waals surface area contributed by atoms with Crippen LogP contribution in [0.1, 0.15) is 30.0 Å². The number of aromatic nitrogens is 1. The fourth-order valence-corrected chi connectivity index (χ4v) is 2.81. The van der Waals surface area contributed by atoms with Gasteiger partial charge in [-0.25, -0.2) is 9.37 Å². The van der Waals surface area contributed by atoms with Crippen LogP contribution < -0.4 is 10.1 Å². The topological polar surface area (TPSA) is 34.1 Å². The van der Waals surface area contributed by atoms with Gasteiger partial charge in [-0.1, -0.05) is 23.7 Å². The summed E-state index contributed by atoms with van der Waals surface area (Å²) in [6.07, 6.45) is 2.17. The largest absolute Gasteiger partial charge is 0.473 e. The first-order chi connectivity index (χ1) is 10.7. The van der Waals surface area contributed by atoms with Crippen LogP contribution in [0.5, 0.6) is 5.88 Å². The van der Waals surface area contributed by atoms with Crippen molar-refractivity contribution in [2.75, 3.05) is 13.1 Å². The lowest BCUT2D eigenvalue weighted by atomic mass is 9.94. The lowest BCUT2D eigenvalue weighted by Gasteiger charge is -2.22. The molecule has 2 heterocycles. The fourth-order valence-electron chi connectivity index (χ4n) is 2.65. The molecule has 1 N–H and O–H groups in total. The van der Waals surface area contributed by atoms with E-state index in [2.05, 4.69) is 10.3 Å². The first-order valence-corrected chi connectivity index (χ1v) is 7.84. The Balaban J connectivity index is 0.00000144. The van der Waals surface area contributed by atoms with Crippen LogP contribution in [0.25, 0.3) is 0 Å². The van der Waals surface area contributed by atoms with E-state index in [0.29, 0.717) is 22.4 Å². The molecule has 1 fully saturated rings. The Bertz CT molecular complexity index is 651. The highest BCUT2D eigenvalue weighted by molar-refractivity contribution is 6.30. The molecule has 3 rings (SSSR count). The SMILES string of the molecule is Cl.Cl.Fc1cc(Cl)ccc1COc1cccc(C2CCNCC2)n1. The normalized spacial score (nSPS) is 14.4. The van der Waals surface area contributed by atoms with Gasteiger partial charge in [0.25, 0.3) is 0 Å². The highest BCUT2D eigenvalue weighted by atomic mass is 35.5. The quantitative estimate of drug-likeness (QED) is 0.813. The Morgan fingerprint density at radius 2 is 1.92 bits per heavy atom. The molecule has 0 spiro atoms. The van der Waals surface area contributed by atoms with Crippen molar-refractivity contribution in [1.82, 2.24) is 10.3 Å². The van der Waals surface area contributed by atoms with E-state index in [1.807, 2.05) is 12.1 Å². The minimum Gasteiger partial charge on any atom is -0.473 e. The molecule has 0 unspecified atom stereocenters. The predicted octanol–water partition coefficient (Wildman–Crippen LogP) is 4.76. The van der Waals surface area contributed by atoms with Gasteiger partial charge in [-0.2, -0.15) is 0 Å². The smallest absolute Gasteiger partial charge is 0.213 e. The van der Waals surface area contributed by atoms with Crippen LogP contribution in [-0.4, -0.2) is 18.1 Å². The van der Waals surface area contributed by atoms with Gasteiger partial charge in [-0.3, -0.25) is 0 Å². The third kappa shape index (κ3) is 5.49. The first-order valence-electron chi connectivity index (χ1n) is 7.47. The number of nitrogens with one attached hydrogen (secondary N) is 1. The van der Waals surface area contributed by atoms with Gasteiger partial charge in [0.15, 0.2) is 0 Å². The Kier molecular flexibility index (Phi) is 8.78. The number of hydrogen-bond acceptors (Lipinski definition) is 3. The van der Waals surface area contributed by atoms with Crippen LogP contribution in [0, 0.1) is 5.82 Å². The van der Waals surface area contributed by atoms with E-state index in [4.69, 9.17) is 16.3 Å². The number of rotatable bonds is 4. The maximum absolute atomic E-state index is 13.7. The highest BCUT2D eigenvalue weighted by Gasteiger charge is 2.16. The van der Waals surface area contributed by atoms with Crippen molar-refractivity contribution < 1.29 is 9.13 Å². The number of piperidine rings is 1. The zero-order chi connectivity index (χ0) is 15.4. The van der Waals surface area contributed by atoms with E-state index < -0.39 is 0 Å². The van der Waals surface area contributed by atoms with Crippen molar-refractivity contribution in [2.45, 2.75) is 25.4 Å². The van der Waals surface area contributed by atoms with Gasteiger partial charge in [0.05, 0.1) is 0 Å². The molecule has 1 aromatic heterocycles. The summed E-state index contributed by atoms with van der Waals surface area (Å²) in [7, 11) is 0. The minimum absolute atomic E-state index is 0. The summed E-state index contributed by atoms with van der Waals surface area (Å²) < 4.78 is 19.4. The van der Waals surface area contributed by atoms with E-state index in [9.17, 15) is 4.39 Å². The van der Waals surface area contributed by atoms with Crippen LogP contribution in [0.2, 0.25) is 5.02 Å². The molecule has 0 radical (unpaired) electrons. The van der Waals surface area contributed by atoms with Gasteiger partial charge in [-0.05, 0) is 44.1 Å². The van der Waals surface area contributed by atoms with Crippen molar-refractivity contribution >= 4 is 36.4 Å². The van der Waals surface area contributed by atoms with Crippen molar-refractivity contribution in [1.29, 1.82) is 0 Å². The Morgan fingerprint density at radius 3 is 2.62 bits per heavy atom. The van der Waals surface area contributed by atoms with E-state index in [1.54, 1.807) is 18.2 Å². The van der Waals surface area contributed by atoms with Gasteiger partial charge in [0.1, 0.15) is 12.4 Å². The average molecular weight is 394 g/mol. The molecule has 1 aliphatic heterocycles. The molecule has 1 aromatic carbocycles. The van der Waals surface area contributed by atoms with E-state index in [1.165, 1.54) is 6.07 Å². The van der Waals surface area contributed by atoms with Gasteiger partial charge < -0.3 is 10.1 Å². The van der Waals surface area contributed by atoms with Crippen LogP contribution in [0.3, 0.4) is 0 Å². The van der Waals surface area contributed by atoms with Crippen LogP contribution in [-0.2, 0) is 6.61 Å².